The zero-order valence-corrected chi connectivity index (χ0v) is 14.3. The first-order valence-electron chi connectivity index (χ1n) is 0. The first kappa shape index (κ1) is 64.8. The zero-order chi connectivity index (χ0) is 0. The number of hydrogen-bond acceptors (Lipinski definition) is 0. The zero-order valence-electron chi connectivity index (χ0n) is 2.75. The van der Waals surface area contributed by atoms with Gasteiger partial charge < -0.3 is 0 Å². The SMILES string of the molecule is Br.Br.Br.Br.Br.[AsH3]. The van der Waals surface area contributed by atoms with E-state index in [4.69, 9.17) is 0 Å². The van der Waals surface area contributed by atoms with E-state index in [9.17, 15) is 0 Å². The van der Waals surface area contributed by atoms with Crippen LogP contribution in [0.25, 0.3) is 0 Å². The molecule has 1 atom stereocenters. The van der Waals surface area contributed by atoms with Crippen molar-refractivity contribution in [2.75, 3.05) is 0 Å². The van der Waals surface area contributed by atoms with Gasteiger partial charge in [-0.3, -0.25) is 0 Å². The molecule has 0 aliphatic rings. The molecule has 0 bridgehead atoms. The van der Waals surface area contributed by atoms with Crippen LogP contribution in [-0.4, -0.2) is 18.0 Å². The number of rotatable bonds is 0. The molecular weight excluding hydrogens is 474 g/mol. The van der Waals surface area contributed by atoms with E-state index in [1.165, 1.54) is 0 Å². The van der Waals surface area contributed by atoms with E-state index in [0.29, 0.717) is 0 Å². The van der Waals surface area contributed by atoms with Crippen molar-refractivity contribution in [2.45, 2.75) is 0 Å². The van der Waals surface area contributed by atoms with E-state index in [-0.39, 0.29) is 103 Å². The van der Waals surface area contributed by atoms with E-state index >= 15 is 0 Å². The quantitative estimate of drug-likeness (QED) is 0.462. The molecule has 0 aromatic heterocycles. The molecule has 0 aliphatic heterocycles. The molecule has 0 N–H and O–H groups in total. The molecule has 0 rings (SSSR count). The van der Waals surface area contributed by atoms with E-state index in [1.807, 2.05) is 0 Å². The van der Waals surface area contributed by atoms with Crippen LogP contribution in [-0.2, 0) is 0 Å². The summed E-state index contributed by atoms with van der Waals surface area (Å²) in [6, 6.07) is 0. The molecule has 0 aromatic carbocycles. The Morgan fingerprint density at radius 2 is 0.333 bits per heavy atom. The normalized spacial score (nSPS) is 0. The van der Waals surface area contributed by atoms with Crippen LogP contribution in [0.4, 0.5) is 0 Å². The van der Waals surface area contributed by atoms with Crippen LogP contribution in [0, 0.1) is 0 Å². The molecule has 0 aliphatic carbocycles. The molecule has 0 saturated heterocycles. The second kappa shape index (κ2) is 44.0. The third-order valence-electron chi connectivity index (χ3n) is 0. The fraction of sp³-hybridized carbons (Fsp3) is 0. The summed E-state index contributed by atoms with van der Waals surface area (Å²) in [4.78, 5) is 0. The Bertz CT molecular complexity index is 3.90. The number of halogens is 5. The summed E-state index contributed by atoms with van der Waals surface area (Å²) in [6.07, 6.45) is 0. The molecule has 6 heteroatoms. The predicted molar refractivity (Wildman–Crippen MR) is 61.5 cm³/mol. The van der Waals surface area contributed by atoms with Crippen LogP contribution in [0.2, 0.25) is 0 Å². The third kappa shape index (κ3) is 28.2. The van der Waals surface area contributed by atoms with Crippen molar-refractivity contribution in [3.05, 3.63) is 0 Å². The topological polar surface area (TPSA) is 0 Å². The van der Waals surface area contributed by atoms with Crippen LogP contribution >= 0.6 is 84.9 Å². The maximum atomic E-state index is 0. The van der Waals surface area contributed by atoms with Gasteiger partial charge >= 0.3 is 18.0 Å². The van der Waals surface area contributed by atoms with Gasteiger partial charge in [0.05, 0.1) is 0 Å². The summed E-state index contributed by atoms with van der Waals surface area (Å²) < 4.78 is 0. The molecule has 0 nitrogen and oxygen atoms in total. The Hall–Kier alpha value is 2.96. The molecule has 6 heavy (non-hydrogen) atoms. The minimum atomic E-state index is 0. The Morgan fingerprint density at radius 1 is 0.333 bits per heavy atom. The van der Waals surface area contributed by atoms with Crippen molar-refractivity contribution in [1.29, 1.82) is 0 Å². The molecule has 48 valence electrons. The second-order valence-corrected chi connectivity index (χ2v) is 0. The average molecular weight is 483 g/mol. The summed E-state index contributed by atoms with van der Waals surface area (Å²) in [5.74, 6) is 0. The second-order valence-electron chi connectivity index (χ2n) is 0. The van der Waals surface area contributed by atoms with Gasteiger partial charge in [0.2, 0.25) is 0 Å². The number of hydrogen-bond donors (Lipinski definition) is 0. The van der Waals surface area contributed by atoms with Crippen LogP contribution in [0.5, 0.6) is 0 Å². The van der Waals surface area contributed by atoms with E-state index in [1.54, 1.807) is 0 Å². The van der Waals surface area contributed by atoms with Crippen LogP contribution < -0.4 is 0 Å². The van der Waals surface area contributed by atoms with Crippen molar-refractivity contribution in [1.82, 2.24) is 0 Å². The van der Waals surface area contributed by atoms with Crippen molar-refractivity contribution >= 4 is 103 Å². The molecule has 0 spiro atoms. The molecule has 1 unspecified atom stereocenters. The fourth-order valence-corrected chi connectivity index (χ4v) is 0. The van der Waals surface area contributed by atoms with Crippen molar-refractivity contribution in [3.8, 4) is 0 Å². The van der Waals surface area contributed by atoms with Gasteiger partial charge in [0.25, 0.3) is 0 Å². The Labute approximate surface area is 101 Å². The van der Waals surface area contributed by atoms with Crippen LogP contribution in [0.15, 0.2) is 0 Å². The van der Waals surface area contributed by atoms with Crippen LogP contribution in [0.3, 0.4) is 0 Å². The van der Waals surface area contributed by atoms with Crippen molar-refractivity contribution < 1.29 is 0 Å². The summed E-state index contributed by atoms with van der Waals surface area (Å²) >= 11 is 0. The van der Waals surface area contributed by atoms with Gasteiger partial charge in [-0.25, -0.2) is 0 Å². The first-order chi connectivity index (χ1) is 0. The average Bonchev–Trinajstić information content (AvgIpc) is 0. The van der Waals surface area contributed by atoms with E-state index < -0.39 is 0 Å². The van der Waals surface area contributed by atoms with Gasteiger partial charge in [-0.1, -0.05) is 0 Å². The van der Waals surface area contributed by atoms with Gasteiger partial charge in [-0.05, 0) is 0 Å². The van der Waals surface area contributed by atoms with Gasteiger partial charge in [0.15, 0.2) is 0 Å². The van der Waals surface area contributed by atoms with E-state index in [2.05, 4.69) is 0 Å². The van der Waals surface area contributed by atoms with Gasteiger partial charge in [-0.15, -0.1) is 84.9 Å². The third-order valence-corrected chi connectivity index (χ3v) is 0. The summed E-state index contributed by atoms with van der Waals surface area (Å²) in [6.45, 7) is 0. The summed E-state index contributed by atoms with van der Waals surface area (Å²) in [5, 5.41) is 0. The van der Waals surface area contributed by atoms with Gasteiger partial charge in [0, 0.05) is 0 Å². The molecule has 0 saturated carbocycles. The Kier molecular flexibility index (Phi) is 476. The van der Waals surface area contributed by atoms with Crippen LogP contribution in [0.1, 0.15) is 0 Å². The molecule has 0 radical (unpaired) electrons. The molecule has 0 fully saturated rings. The van der Waals surface area contributed by atoms with Gasteiger partial charge in [0.1, 0.15) is 0 Å². The van der Waals surface area contributed by atoms with Gasteiger partial charge in [-0.2, -0.15) is 0 Å². The molecule has 0 aromatic rings. The maximum absolute atomic E-state index is 0. The monoisotopic (exact) mass is 478 g/mol. The van der Waals surface area contributed by atoms with Crippen molar-refractivity contribution in [2.24, 2.45) is 0 Å². The summed E-state index contributed by atoms with van der Waals surface area (Å²) in [7, 11) is 0. The standard InChI is InChI=1S/AsH3.5BrH/h1H3;5*1H. The van der Waals surface area contributed by atoms with Crippen molar-refractivity contribution in [3.63, 3.8) is 0 Å². The first-order valence-corrected chi connectivity index (χ1v) is 0. The minimum absolute atomic E-state index is 0. The molecule has 0 heterocycles. The Morgan fingerprint density at radius 3 is 0.333 bits per heavy atom. The van der Waals surface area contributed by atoms with E-state index in [0.717, 1.165) is 0 Å². The predicted octanol–water partition coefficient (Wildman–Crippen LogP) is 1.71. The summed E-state index contributed by atoms with van der Waals surface area (Å²) in [5.41, 5.74) is 0. The molecular formula is H8AsBr5. The Balaban J connectivity index is 0. The fourth-order valence-electron chi connectivity index (χ4n) is 0. The molecule has 0 amide bonds.